The van der Waals surface area contributed by atoms with Gasteiger partial charge in [0.05, 0.1) is 7.11 Å². The van der Waals surface area contributed by atoms with Crippen molar-refractivity contribution < 1.29 is 14.3 Å². The zero-order chi connectivity index (χ0) is 22.7. The number of nitrogens with zero attached hydrogens (tertiary/aromatic N) is 4. The van der Waals surface area contributed by atoms with Crippen LogP contribution in [0, 0.1) is 0 Å². The Morgan fingerprint density at radius 1 is 0.969 bits per heavy atom. The van der Waals surface area contributed by atoms with Crippen LogP contribution in [0.25, 0.3) is 0 Å². The number of aromatic nitrogens is 2. The van der Waals surface area contributed by atoms with Crippen LogP contribution in [0.3, 0.4) is 0 Å². The molecule has 164 valence electrons. The van der Waals surface area contributed by atoms with Crippen LogP contribution < -0.4 is 9.75 Å². The van der Waals surface area contributed by atoms with Crippen LogP contribution in [0.2, 0.25) is 0 Å². The summed E-state index contributed by atoms with van der Waals surface area (Å²) in [7, 11) is 1.62. The Bertz CT molecular complexity index is 1170. The third-order valence-corrected chi connectivity index (χ3v) is 6.17. The number of hydrogen-bond acceptors (Lipinski definition) is 6. The van der Waals surface area contributed by atoms with E-state index in [2.05, 4.69) is 5.10 Å². The minimum Gasteiger partial charge on any atom is -0.497 e. The van der Waals surface area contributed by atoms with E-state index in [0.29, 0.717) is 34.6 Å². The van der Waals surface area contributed by atoms with E-state index in [1.54, 1.807) is 18.6 Å². The van der Waals surface area contributed by atoms with Crippen molar-refractivity contribution in [2.75, 3.05) is 12.1 Å². The van der Waals surface area contributed by atoms with Crippen LogP contribution in [-0.2, 0) is 11.2 Å². The maximum absolute atomic E-state index is 13.0. The molecule has 4 rings (SSSR count). The molecule has 0 aliphatic carbocycles. The summed E-state index contributed by atoms with van der Waals surface area (Å²) in [6.07, 6.45) is 1.04. The summed E-state index contributed by atoms with van der Waals surface area (Å²) in [5.41, 5.74) is 1.87. The van der Waals surface area contributed by atoms with Gasteiger partial charge in [0.25, 0.3) is 0 Å². The average molecular weight is 449 g/mol. The third-order valence-electron chi connectivity index (χ3n) is 5.10. The lowest BCUT2D eigenvalue weighted by atomic mass is 10.1. The number of carbonyl (C=O) groups excluding carboxylic acids is 2. The molecule has 1 amide bonds. The molecule has 0 fully saturated rings. The number of ether oxygens (including phenoxy) is 1. The highest BCUT2D eigenvalue weighted by atomic mass is 32.2. The Morgan fingerprint density at radius 3 is 2.28 bits per heavy atom. The molecule has 0 N–H and O–H groups in total. The molecule has 2 heterocycles. The van der Waals surface area contributed by atoms with E-state index in [0.717, 1.165) is 16.9 Å². The van der Waals surface area contributed by atoms with Gasteiger partial charge in [-0.1, -0.05) is 56.3 Å². The van der Waals surface area contributed by atoms with E-state index < -0.39 is 0 Å². The molecular formula is C24H24N4O3S. The van der Waals surface area contributed by atoms with E-state index in [9.17, 15) is 9.59 Å². The lowest BCUT2D eigenvalue weighted by Gasteiger charge is -2.22. The van der Waals surface area contributed by atoms with Gasteiger partial charge in [-0.25, -0.2) is 4.98 Å². The molecule has 0 radical (unpaired) electrons. The lowest BCUT2D eigenvalue weighted by molar-refractivity contribution is -0.118. The van der Waals surface area contributed by atoms with Gasteiger partial charge in [-0.2, -0.15) is 10.1 Å². The number of hydrazone groups is 1. The van der Waals surface area contributed by atoms with Crippen molar-refractivity contribution in [3.8, 4) is 5.75 Å². The highest BCUT2D eigenvalue weighted by molar-refractivity contribution is 8.14. The van der Waals surface area contributed by atoms with Crippen molar-refractivity contribution in [3.63, 3.8) is 0 Å². The number of thioether (sulfide) groups is 1. The number of methoxy groups -OCH3 is 1. The van der Waals surface area contributed by atoms with Crippen LogP contribution >= 0.6 is 11.8 Å². The minimum absolute atomic E-state index is 0.0760. The molecule has 8 heteroatoms. The molecule has 0 atom stereocenters. The molecule has 7 nitrogen and oxygen atoms in total. The third kappa shape index (κ3) is 4.18. The number of carbonyl (C=O) groups is 2. The molecule has 0 spiro atoms. The second-order valence-electron chi connectivity index (χ2n) is 7.20. The molecule has 1 aliphatic rings. The Kier molecular flexibility index (Phi) is 6.41. The summed E-state index contributed by atoms with van der Waals surface area (Å²) in [6.45, 7) is 3.61. The minimum atomic E-state index is -0.176. The monoisotopic (exact) mass is 448 g/mol. The Morgan fingerprint density at radius 2 is 1.66 bits per heavy atom. The highest BCUT2D eigenvalue weighted by Crippen LogP contribution is 2.39. The van der Waals surface area contributed by atoms with Crippen LogP contribution in [0.4, 0.5) is 5.82 Å². The summed E-state index contributed by atoms with van der Waals surface area (Å²) < 4.78 is 6.87. The number of benzene rings is 2. The highest BCUT2D eigenvalue weighted by Gasteiger charge is 2.33. The van der Waals surface area contributed by atoms with E-state index in [-0.39, 0.29) is 18.2 Å². The molecule has 0 bridgehead atoms. The van der Waals surface area contributed by atoms with Crippen molar-refractivity contribution in [3.05, 3.63) is 71.5 Å². The predicted molar refractivity (Wildman–Crippen MR) is 126 cm³/mol. The summed E-state index contributed by atoms with van der Waals surface area (Å²) in [6, 6.07) is 17.3. The van der Waals surface area contributed by atoms with Crippen LogP contribution in [0.5, 0.6) is 5.75 Å². The summed E-state index contributed by atoms with van der Waals surface area (Å²) >= 11 is 1.37. The van der Waals surface area contributed by atoms with Gasteiger partial charge in [0.2, 0.25) is 11.8 Å². The Hall–Kier alpha value is -3.39. The predicted octanol–water partition coefficient (Wildman–Crippen LogP) is 4.74. The molecule has 0 saturated carbocycles. The first-order valence-electron chi connectivity index (χ1n) is 10.5. The summed E-state index contributed by atoms with van der Waals surface area (Å²) in [5, 5.41) is 7.21. The van der Waals surface area contributed by atoms with E-state index in [1.165, 1.54) is 16.8 Å². The number of hydrogen-bond donors (Lipinski definition) is 0. The first-order valence-corrected chi connectivity index (χ1v) is 11.3. The molecular weight excluding hydrogens is 424 g/mol. The fourth-order valence-electron chi connectivity index (χ4n) is 3.40. The standard InChI is InChI=1S/C24H24N4O3S/c1-4-20(29)27-19(15-16-11-13-18(31-3)14-12-16)25-22-24(27)32-23(17-9-7-6-8-10-17)26-28(22)21(30)5-2/h6-14H,4-5,15H2,1-3H3. The lowest BCUT2D eigenvalue weighted by Crippen LogP contribution is -2.29. The molecule has 1 aromatic heterocycles. The number of rotatable bonds is 6. The second-order valence-corrected chi connectivity index (χ2v) is 8.17. The maximum atomic E-state index is 13.0. The number of amides is 1. The molecule has 32 heavy (non-hydrogen) atoms. The Balaban J connectivity index is 1.81. The van der Waals surface area contributed by atoms with Gasteiger partial charge in [-0.3, -0.25) is 14.2 Å². The van der Waals surface area contributed by atoms with Gasteiger partial charge in [0.1, 0.15) is 21.6 Å². The zero-order valence-corrected chi connectivity index (χ0v) is 19.1. The van der Waals surface area contributed by atoms with Crippen molar-refractivity contribution in [2.45, 2.75) is 38.1 Å². The van der Waals surface area contributed by atoms with Crippen molar-refractivity contribution in [1.29, 1.82) is 0 Å². The first-order chi connectivity index (χ1) is 15.5. The van der Waals surface area contributed by atoms with E-state index in [4.69, 9.17) is 9.72 Å². The fraction of sp³-hybridized carbons (Fsp3) is 0.250. The zero-order valence-electron chi connectivity index (χ0n) is 18.2. The van der Waals surface area contributed by atoms with Crippen LogP contribution in [0.15, 0.2) is 64.7 Å². The second kappa shape index (κ2) is 9.40. The topological polar surface area (TPSA) is 76.8 Å². The average Bonchev–Trinajstić information content (AvgIpc) is 3.21. The van der Waals surface area contributed by atoms with E-state index in [1.807, 2.05) is 61.5 Å². The van der Waals surface area contributed by atoms with Crippen molar-refractivity contribution in [2.24, 2.45) is 5.10 Å². The Labute approximate surface area is 191 Å². The quantitative estimate of drug-likeness (QED) is 0.544. The van der Waals surface area contributed by atoms with Gasteiger partial charge < -0.3 is 4.74 Å². The molecule has 0 saturated heterocycles. The van der Waals surface area contributed by atoms with Gasteiger partial charge in [0.15, 0.2) is 5.82 Å². The van der Waals surface area contributed by atoms with Crippen LogP contribution in [0.1, 0.15) is 48.4 Å². The van der Waals surface area contributed by atoms with Crippen molar-refractivity contribution >= 4 is 34.4 Å². The molecule has 0 unspecified atom stereocenters. The van der Waals surface area contributed by atoms with Gasteiger partial charge in [-0.15, -0.1) is 0 Å². The number of anilines is 1. The molecule has 2 aromatic carbocycles. The largest absolute Gasteiger partial charge is 0.497 e. The smallest absolute Gasteiger partial charge is 0.248 e. The molecule has 3 aromatic rings. The number of imidazole rings is 1. The van der Waals surface area contributed by atoms with Crippen LogP contribution in [-0.4, -0.2) is 33.5 Å². The van der Waals surface area contributed by atoms with Gasteiger partial charge in [0, 0.05) is 24.8 Å². The van der Waals surface area contributed by atoms with E-state index >= 15 is 0 Å². The SMILES string of the molecule is CCC(=O)N1N=C(c2ccccc2)Sc2c1nc(Cc1ccc(OC)cc1)n2C(=O)CC. The van der Waals surface area contributed by atoms with Gasteiger partial charge >= 0.3 is 0 Å². The first kappa shape index (κ1) is 21.8. The number of fused-ring (bicyclic) bond motifs is 1. The van der Waals surface area contributed by atoms with Gasteiger partial charge in [-0.05, 0) is 29.5 Å². The normalized spacial score (nSPS) is 12.8. The molecule has 1 aliphatic heterocycles. The summed E-state index contributed by atoms with van der Waals surface area (Å²) in [4.78, 5) is 30.5. The fourth-order valence-corrected chi connectivity index (χ4v) is 4.48. The maximum Gasteiger partial charge on any atom is 0.248 e. The van der Waals surface area contributed by atoms with Crippen molar-refractivity contribution in [1.82, 2.24) is 9.55 Å². The summed E-state index contributed by atoms with van der Waals surface area (Å²) in [5.74, 6) is 1.50.